The van der Waals surface area contributed by atoms with Gasteiger partial charge >= 0.3 is 0 Å². The zero-order valence-corrected chi connectivity index (χ0v) is 28.6. The fraction of sp³-hybridized carbons (Fsp3) is 0.297. The van der Waals surface area contributed by atoms with Crippen LogP contribution in [0.2, 0.25) is 10.0 Å². The third kappa shape index (κ3) is 8.95. The monoisotopic (exact) mass is 691 g/mol. The van der Waals surface area contributed by atoms with Gasteiger partial charge in [0.05, 0.1) is 15.6 Å². The second kappa shape index (κ2) is 15.8. The van der Waals surface area contributed by atoms with Gasteiger partial charge in [0, 0.05) is 24.0 Å². The predicted molar refractivity (Wildman–Crippen MR) is 188 cm³/mol. The molecular formula is C37H39Cl2N3O4S. The van der Waals surface area contributed by atoms with Crippen molar-refractivity contribution >= 4 is 50.7 Å². The van der Waals surface area contributed by atoms with Crippen LogP contribution in [-0.2, 0) is 32.6 Å². The van der Waals surface area contributed by atoms with Crippen molar-refractivity contribution in [3.63, 3.8) is 0 Å². The zero-order valence-electron chi connectivity index (χ0n) is 26.3. The van der Waals surface area contributed by atoms with E-state index in [1.165, 1.54) is 35.2 Å². The molecule has 1 saturated carbocycles. The molecule has 4 aromatic rings. The molecule has 5 rings (SSSR count). The number of aryl methyl sites for hydroxylation is 1. The van der Waals surface area contributed by atoms with Gasteiger partial charge in [-0.2, -0.15) is 0 Å². The van der Waals surface area contributed by atoms with Crippen molar-refractivity contribution in [2.45, 2.75) is 69.0 Å². The molecule has 0 spiro atoms. The minimum absolute atomic E-state index is 0.000205. The number of hydrogen-bond acceptors (Lipinski definition) is 4. The van der Waals surface area contributed by atoms with Gasteiger partial charge in [-0.15, -0.1) is 0 Å². The first-order chi connectivity index (χ1) is 22.6. The molecule has 0 heterocycles. The molecule has 1 aliphatic carbocycles. The Hall–Kier alpha value is -3.85. The summed E-state index contributed by atoms with van der Waals surface area (Å²) < 4.78 is 29.3. The lowest BCUT2D eigenvalue weighted by Gasteiger charge is -2.35. The first-order valence-electron chi connectivity index (χ1n) is 15.8. The van der Waals surface area contributed by atoms with E-state index in [-0.39, 0.29) is 40.5 Å². The van der Waals surface area contributed by atoms with E-state index in [4.69, 9.17) is 23.2 Å². The van der Waals surface area contributed by atoms with E-state index in [1.807, 2.05) is 61.5 Å². The van der Waals surface area contributed by atoms with Crippen molar-refractivity contribution in [1.29, 1.82) is 0 Å². The Bertz CT molecular complexity index is 1760. The van der Waals surface area contributed by atoms with Gasteiger partial charge in [-0.25, -0.2) is 8.42 Å². The first kappa shape index (κ1) is 34.5. The SMILES string of the molecule is Cc1ccc(CN(C(=O)CN(c2ccc(Cl)cc2Cl)S(=O)(=O)c2ccccc2)[C@@H](Cc2ccccc2)C(=O)NC2CCCCC2)cc1. The highest BCUT2D eigenvalue weighted by molar-refractivity contribution is 7.92. The van der Waals surface area contributed by atoms with Gasteiger partial charge in [-0.05, 0) is 61.2 Å². The lowest BCUT2D eigenvalue weighted by atomic mass is 9.94. The van der Waals surface area contributed by atoms with Crippen LogP contribution in [0.3, 0.4) is 0 Å². The molecule has 47 heavy (non-hydrogen) atoms. The lowest BCUT2D eigenvalue weighted by molar-refractivity contribution is -0.140. The number of halogens is 2. The summed E-state index contributed by atoms with van der Waals surface area (Å²) in [6.45, 7) is 1.49. The van der Waals surface area contributed by atoms with Gasteiger partial charge in [0.15, 0.2) is 0 Å². The van der Waals surface area contributed by atoms with E-state index >= 15 is 0 Å². The summed E-state index contributed by atoms with van der Waals surface area (Å²) in [4.78, 5) is 30.4. The lowest BCUT2D eigenvalue weighted by Crippen LogP contribution is -2.55. The number of carbonyl (C=O) groups excluding carboxylic acids is 2. The molecule has 1 aliphatic rings. The predicted octanol–water partition coefficient (Wildman–Crippen LogP) is 7.59. The van der Waals surface area contributed by atoms with E-state index in [2.05, 4.69) is 5.32 Å². The highest BCUT2D eigenvalue weighted by atomic mass is 35.5. The molecule has 246 valence electrons. The maximum Gasteiger partial charge on any atom is 0.264 e. The Morgan fingerprint density at radius 2 is 1.47 bits per heavy atom. The van der Waals surface area contributed by atoms with Crippen molar-refractivity contribution in [1.82, 2.24) is 10.2 Å². The fourth-order valence-corrected chi connectivity index (χ4v) is 7.92. The summed E-state index contributed by atoms with van der Waals surface area (Å²) >= 11 is 12.7. The molecule has 7 nitrogen and oxygen atoms in total. The molecule has 10 heteroatoms. The average molecular weight is 693 g/mol. The topological polar surface area (TPSA) is 86.8 Å². The second-order valence-electron chi connectivity index (χ2n) is 12.0. The van der Waals surface area contributed by atoms with E-state index in [0.29, 0.717) is 5.02 Å². The molecule has 0 radical (unpaired) electrons. The van der Waals surface area contributed by atoms with Crippen LogP contribution in [0.5, 0.6) is 0 Å². The maximum absolute atomic E-state index is 14.7. The van der Waals surface area contributed by atoms with E-state index < -0.39 is 28.5 Å². The third-order valence-electron chi connectivity index (χ3n) is 8.48. The summed E-state index contributed by atoms with van der Waals surface area (Å²) in [6, 6.07) is 28.7. The molecule has 1 fully saturated rings. The van der Waals surface area contributed by atoms with E-state index in [1.54, 1.807) is 18.2 Å². The Morgan fingerprint density at radius 3 is 2.11 bits per heavy atom. The fourth-order valence-electron chi connectivity index (χ4n) is 5.90. The molecule has 0 bridgehead atoms. The molecule has 4 aromatic carbocycles. The van der Waals surface area contributed by atoms with Crippen molar-refractivity contribution in [2.75, 3.05) is 10.8 Å². The van der Waals surface area contributed by atoms with Crippen LogP contribution in [0, 0.1) is 6.92 Å². The molecular weight excluding hydrogens is 653 g/mol. The third-order valence-corrected chi connectivity index (χ3v) is 10.8. The Kier molecular flexibility index (Phi) is 11.6. The minimum atomic E-state index is -4.27. The Balaban J connectivity index is 1.57. The van der Waals surface area contributed by atoms with Gasteiger partial charge < -0.3 is 10.2 Å². The largest absolute Gasteiger partial charge is 0.352 e. The molecule has 0 unspecified atom stereocenters. The minimum Gasteiger partial charge on any atom is -0.352 e. The number of nitrogens with one attached hydrogen (secondary N) is 1. The first-order valence-corrected chi connectivity index (χ1v) is 18.0. The number of nitrogens with zero attached hydrogens (tertiary/aromatic N) is 2. The Morgan fingerprint density at radius 1 is 0.830 bits per heavy atom. The van der Waals surface area contributed by atoms with Crippen molar-refractivity contribution < 1.29 is 18.0 Å². The van der Waals surface area contributed by atoms with Gasteiger partial charge in [-0.1, -0.05) is 121 Å². The van der Waals surface area contributed by atoms with Crippen LogP contribution in [-0.4, -0.2) is 43.8 Å². The van der Waals surface area contributed by atoms with Crippen molar-refractivity contribution in [2.24, 2.45) is 0 Å². The van der Waals surface area contributed by atoms with Gasteiger partial charge in [0.2, 0.25) is 11.8 Å². The molecule has 2 amide bonds. The van der Waals surface area contributed by atoms with Gasteiger partial charge in [0.25, 0.3) is 10.0 Å². The summed E-state index contributed by atoms with van der Waals surface area (Å²) in [7, 11) is -4.27. The summed E-state index contributed by atoms with van der Waals surface area (Å²) in [5.41, 5.74) is 2.86. The van der Waals surface area contributed by atoms with E-state index in [9.17, 15) is 18.0 Å². The van der Waals surface area contributed by atoms with Crippen LogP contribution < -0.4 is 9.62 Å². The summed E-state index contributed by atoms with van der Waals surface area (Å²) in [5.74, 6) is -0.806. The van der Waals surface area contributed by atoms with Crippen LogP contribution in [0.15, 0.2) is 108 Å². The van der Waals surface area contributed by atoms with Crippen molar-refractivity contribution in [3.8, 4) is 0 Å². The average Bonchev–Trinajstić information content (AvgIpc) is 3.07. The number of amides is 2. The maximum atomic E-state index is 14.7. The van der Waals surface area contributed by atoms with Gasteiger partial charge in [-0.3, -0.25) is 13.9 Å². The van der Waals surface area contributed by atoms with Crippen LogP contribution >= 0.6 is 23.2 Å². The van der Waals surface area contributed by atoms with Crippen LogP contribution in [0.1, 0.15) is 48.8 Å². The number of hydrogen-bond donors (Lipinski definition) is 1. The normalized spacial score (nSPS) is 14.3. The highest BCUT2D eigenvalue weighted by Gasteiger charge is 2.36. The smallest absolute Gasteiger partial charge is 0.264 e. The van der Waals surface area contributed by atoms with Crippen LogP contribution in [0.25, 0.3) is 0 Å². The van der Waals surface area contributed by atoms with E-state index in [0.717, 1.165) is 53.1 Å². The highest BCUT2D eigenvalue weighted by Crippen LogP contribution is 2.33. The standard InChI is InChI=1S/C37H39Cl2N3O4S/c1-27-17-19-29(20-18-27)25-41(35(23-28-11-5-2-6-12-28)37(44)40-31-13-7-3-8-14-31)36(43)26-42(34-22-21-30(38)24-33(34)39)47(45,46)32-15-9-4-10-16-32/h2,4-6,9-12,15-22,24,31,35H,3,7-8,13-14,23,25-26H2,1H3,(H,40,44)/t35-/m0/s1. The van der Waals surface area contributed by atoms with Gasteiger partial charge in [0.1, 0.15) is 12.6 Å². The molecule has 1 N–H and O–H groups in total. The van der Waals surface area contributed by atoms with Crippen molar-refractivity contribution in [3.05, 3.63) is 130 Å². The number of rotatable bonds is 12. The number of anilines is 1. The quantitative estimate of drug-likeness (QED) is 0.166. The molecule has 0 aliphatic heterocycles. The molecule has 0 aromatic heterocycles. The number of sulfonamides is 1. The molecule has 0 saturated heterocycles. The second-order valence-corrected chi connectivity index (χ2v) is 14.7. The summed E-state index contributed by atoms with van der Waals surface area (Å²) in [6.07, 6.45) is 5.23. The zero-order chi connectivity index (χ0) is 33.4. The Labute approximate surface area is 287 Å². The number of carbonyl (C=O) groups is 2. The number of benzene rings is 4. The molecule has 1 atom stereocenters. The van der Waals surface area contributed by atoms with Crippen LogP contribution in [0.4, 0.5) is 5.69 Å². The summed E-state index contributed by atoms with van der Waals surface area (Å²) in [5, 5.41) is 3.62.